The summed E-state index contributed by atoms with van der Waals surface area (Å²) in [5.74, 6) is -5.25. The van der Waals surface area contributed by atoms with Crippen molar-refractivity contribution < 1.29 is 22.8 Å². The van der Waals surface area contributed by atoms with Gasteiger partial charge in [0, 0.05) is 29.9 Å². The maximum absolute atomic E-state index is 13.8. The highest BCUT2D eigenvalue weighted by Gasteiger charge is 2.19. The number of amides is 2. The van der Waals surface area contributed by atoms with Crippen LogP contribution in [-0.4, -0.2) is 44.9 Å². The number of carbonyl (C=O) groups excluding carboxylic acids is 2. The lowest BCUT2D eigenvalue weighted by Crippen LogP contribution is -2.39. The number of benzene rings is 1. The molecule has 0 unspecified atom stereocenters. The van der Waals surface area contributed by atoms with Crippen LogP contribution in [0.3, 0.4) is 0 Å². The Hall–Kier alpha value is -2.86. The average Bonchev–Trinajstić information content (AvgIpc) is 3.23. The lowest BCUT2D eigenvalue weighted by atomic mass is 10.2. The van der Waals surface area contributed by atoms with Gasteiger partial charge in [-0.25, -0.2) is 18.2 Å². The highest BCUT2D eigenvalue weighted by molar-refractivity contribution is 7.99. The molecule has 1 aromatic carbocycles. The maximum Gasteiger partial charge on any atom is 0.258 e. The number of nitrogens with one attached hydrogen (secondary N) is 1. The molecule has 2 heterocycles. The van der Waals surface area contributed by atoms with E-state index in [1.807, 2.05) is 6.92 Å². The van der Waals surface area contributed by atoms with E-state index < -0.39 is 29.0 Å². The van der Waals surface area contributed by atoms with Gasteiger partial charge in [0.25, 0.3) is 5.56 Å². The number of hydrogen-bond donors (Lipinski definition) is 1. The summed E-state index contributed by atoms with van der Waals surface area (Å²) < 4.78 is 41.6. The summed E-state index contributed by atoms with van der Waals surface area (Å²) in [6, 6.07) is 3.02. The molecule has 3 aromatic rings. The van der Waals surface area contributed by atoms with E-state index in [0.29, 0.717) is 28.9 Å². The molecular weight excluding hydrogens is 465 g/mol. The average molecular weight is 485 g/mol. The third-order valence-corrected chi connectivity index (χ3v) is 6.03. The second-order valence-electron chi connectivity index (χ2n) is 6.72. The monoisotopic (exact) mass is 484 g/mol. The Morgan fingerprint density at radius 1 is 1.25 bits per heavy atom. The first kappa shape index (κ1) is 23.8. The molecule has 0 aliphatic rings. The third kappa shape index (κ3) is 5.68. The summed E-state index contributed by atoms with van der Waals surface area (Å²) in [6.07, 6.45) is 2.21. The van der Waals surface area contributed by atoms with Crippen LogP contribution in [0.15, 0.2) is 34.6 Å². The number of hydrogen-bond acceptors (Lipinski definition) is 6. The van der Waals surface area contributed by atoms with Gasteiger partial charge in [-0.05, 0) is 18.6 Å². The molecule has 2 aromatic heterocycles. The second-order valence-corrected chi connectivity index (χ2v) is 8.58. The molecule has 32 heavy (non-hydrogen) atoms. The second kappa shape index (κ2) is 10.6. The molecule has 2 amide bonds. The van der Waals surface area contributed by atoms with Crippen LogP contribution in [0.25, 0.3) is 4.96 Å². The highest BCUT2D eigenvalue weighted by Crippen LogP contribution is 2.19. The summed E-state index contributed by atoms with van der Waals surface area (Å²) in [5, 5.41) is 3.91. The Balaban J connectivity index is 1.57. The van der Waals surface area contributed by atoms with Gasteiger partial charge in [-0.2, -0.15) is 0 Å². The zero-order valence-corrected chi connectivity index (χ0v) is 18.6. The number of halogens is 3. The molecule has 12 heteroatoms. The Bertz CT molecular complexity index is 1200. The van der Waals surface area contributed by atoms with Crippen LogP contribution < -0.4 is 10.9 Å². The summed E-state index contributed by atoms with van der Waals surface area (Å²) in [7, 11) is 0. The molecule has 0 saturated heterocycles. The number of fused-ring (bicyclic) bond motifs is 1. The summed E-state index contributed by atoms with van der Waals surface area (Å²) in [4.78, 5) is 43.1. The van der Waals surface area contributed by atoms with E-state index in [9.17, 15) is 27.6 Å². The van der Waals surface area contributed by atoms with E-state index in [0.717, 1.165) is 6.07 Å². The van der Waals surface area contributed by atoms with E-state index in [1.54, 1.807) is 11.6 Å². The van der Waals surface area contributed by atoms with Gasteiger partial charge >= 0.3 is 0 Å². The number of aromatic nitrogens is 2. The minimum atomic E-state index is -1.69. The van der Waals surface area contributed by atoms with Crippen molar-refractivity contribution in [3.8, 4) is 0 Å². The van der Waals surface area contributed by atoms with Crippen molar-refractivity contribution in [2.24, 2.45) is 0 Å². The molecule has 0 aliphatic carbocycles. The largest absolute Gasteiger partial charge is 0.333 e. The highest BCUT2D eigenvalue weighted by atomic mass is 32.2. The van der Waals surface area contributed by atoms with E-state index in [4.69, 9.17) is 0 Å². The fourth-order valence-corrected chi connectivity index (χ4v) is 4.40. The van der Waals surface area contributed by atoms with Crippen molar-refractivity contribution in [2.45, 2.75) is 19.1 Å². The molecule has 170 valence electrons. The standard InChI is InChI=1S/C20H19F3N4O3S2/c1-2-5-26(9-15(28)25-14-4-3-13(21)18(22)19(14)23)17(30)11-31-10-12-8-16(29)27-6-7-32-20(27)24-12/h3-4,6-8H,2,5,9-11H2,1H3,(H,25,28). The molecule has 7 nitrogen and oxygen atoms in total. The van der Waals surface area contributed by atoms with Crippen LogP contribution in [-0.2, 0) is 15.3 Å². The van der Waals surface area contributed by atoms with Crippen molar-refractivity contribution in [1.82, 2.24) is 14.3 Å². The number of nitrogens with zero attached hydrogens (tertiary/aromatic N) is 3. The molecular formula is C20H19F3N4O3S2. The van der Waals surface area contributed by atoms with Gasteiger partial charge in [-0.1, -0.05) is 6.92 Å². The quantitative estimate of drug-likeness (QED) is 0.472. The Morgan fingerprint density at radius 2 is 2.03 bits per heavy atom. The topological polar surface area (TPSA) is 83.8 Å². The van der Waals surface area contributed by atoms with Gasteiger partial charge < -0.3 is 10.2 Å². The van der Waals surface area contributed by atoms with Crippen molar-refractivity contribution in [3.63, 3.8) is 0 Å². The molecule has 0 spiro atoms. The van der Waals surface area contributed by atoms with Gasteiger partial charge in [0.2, 0.25) is 11.8 Å². The van der Waals surface area contributed by atoms with Gasteiger partial charge in [0.05, 0.1) is 23.7 Å². The summed E-state index contributed by atoms with van der Waals surface area (Å²) >= 11 is 2.57. The fourth-order valence-electron chi connectivity index (χ4n) is 2.84. The molecule has 0 fully saturated rings. The third-order valence-electron chi connectivity index (χ3n) is 4.32. The molecule has 0 bridgehead atoms. The number of thioether (sulfide) groups is 1. The number of carbonyl (C=O) groups is 2. The van der Waals surface area contributed by atoms with Crippen molar-refractivity contribution in [3.05, 3.63) is 63.3 Å². The lowest BCUT2D eigenvalue weighted by Gasteiger charge is -2.21. The lowest BCUT2D eigenvalue weighted by molar-refractivity contribution is -0.132. The van der Waals surface area contributed by atoms with Crippen molar-refractivity contribution >= 4 is 45.6 Å². The number of thiazole rings is 1. The predicted molar refractivity (Wildman–Crippen MR) is 117 cm³/mol. The minimum absolute atomic E-state index is 0.0400. The van der Waals surface area contributed by atoms with Crippen LogP contribution in [0.2, 0.25) is 0 Å². The molecule has 0 radical (unpaired) electrons. The van der Waals surface area contributed by atoms with Gasteiger partial charge in [-0.15, -0.1) is 23.1 Å². The van der Waals surface area contributed by atoms with E-state index in [-0.39, 0.29) is 30.3 Å². The molecule has 1 N–H and O–H groups in total. The number of anilines is 1. The zero-order valence-electron chi connectivity index (χ0n) is 16.9. The maximum atomic E-state index is 13.8. The summed E-state index contributed by atoms with van der Waals surface area (Å²) in [6.45, 7) is 1.74. The fraction of sp³-hybridized carbons (Fsp3) is 0.300. The molecule has 0 atom stereocenters. The normalized spacial score (nSPS) is 11.0. The Labute approximate surface area is 189 Å². The SMILES string of the molecule is CCCN(CC(=O)Nc1ccc(F)c(F)c1F)C(=O)CSCc1cc(=O)n2ccsc2n1. The van der Waals surface area contributed by atoms with Crippen LogP contribution in [0, 0.1) is 17.5 Å². The van der Waals surface area contributed by atoms with Crippen LogP contribution in [0.4, 0.5) is 18.9 Å². The van der Waals surface area contributed by atoms with Crippen LogP contribution in [0.1, 0.15) is 19.0 Å². The van der Waals surface area contributed by atoms with Gasteiger partial charge in [0.1, 0.15) is 0 Å². The minimum Gasteiger partial charge on any atom is -0.333 e. The van der Waals surface area contributed by atoms with Gasteiger partial charge in [0.15, 0.2) is 22.4 Å². The predicted octanol–water partition coefficient (Wildman–Crippen LogP) is 3.28. The molecule has 3 rings (SSSR count). The molecule has 0 aliphatic heterocycles. The number of rotatable bonds is 9. The van der Waals surface area contributed by atoms with Crippen molar-refractivity contribution in [1.29, 1.82) is 0 Å². The van der Waals surface area contributed by atoms with Gasteiger partial charge in [-0.3, -0.25) is 18.8 Å². The summed E-state index contributed by atoms with van der Waals surface area (Å²) in [5.41, 5.74) is -0.163. The first-order valence-electron chi connectivity index (χ1n) is 9.54. The van der Waals surface area contributed by atoms with Crippen LogP contribution in [0.5, 0.6) is 0 Å². The van der Waals surface area contributed by atoms with E-state index in [1.165, 1.54) is 38.5 Å². The first-order valence-corrected chi connectivity index (χ1v) is 11.6. The van der Waals surface area contributed by atoms with E-state index in [2.05, 4.69) is 10.3 Å². The molecule has 0 saturated carbocycles. The van der Waals surface area contributed by atoms with Crippen molar-refractivity contribution in [2.75, 3.05) is 24.2 Å². The van der Waals surface area contributed by atoms with Crippen LogP contribution >= 0.6 is 23.1 Å². The Morgan fingerprint density at radius 3 is 2.78 bits per heavy atom. The first-order chi connectivity index (χ1) is 15.3. The van der Waals surface area contributed by atoms with E-state index >= 15 is 0 Å². The smallest absolute Gasteiger partial charge is 0.258 e. The Kier molecular flexibility index (Phi) is 7.91. The zero-order chi connectivity index (χ0) is 23.3.